The first-order valence-corrected chi connectivity index (χ1v) is 16.7. The second-order valence-electron chi connectivity index (χ2n) is 11.5. The predicted octanol–water partition coefficient (Wildman–Crippen LogP) is 6.49. The minimum Gasteiger partial charge on any atom is -0.545 e. The van der Waals surface area contributed by atoms with Crippen molar-refractivity contribution in [3.8, 4) is 56.4 Å². The molecule has 0 atom stereocenters. The molecule has 10 nitrogen and oxygen atoms in total. The fourth-order valence-electron chi connectivity index (χ4n) is 5.09. The van der Waals surface area contributed by atoms with Crippen LogP contribution in [0.2, 0.25) is 0 Å². The van der Waals surface area contributed by atoms with Crippen LogP contribution in [0.1, 0.15) is 20.7 Å². The van der Waals surface area contributed by atoms with Crippen LogP contribution in [0.3, 0.4) is 0 Å². The molecule has 0 saturated carbocycles. The van der Waals surface area contributed by atoms with Crippen LogP contribution in [-0.2, 0) is 19.5 Å². The fourth-order valence-corrected chi connectivity index (χ4v) is 5.09. The van der Waals surface area contributed by atoms with Crippen LogP contribution in [0.4, 0.5) is 0 Å². The molecule has 6 aromatic heterocycles. The molecule has 0 fully saturated rings. The van der Waals surface area contributed by atoms with Crippen LogP contribution in [0.25, 0.3) is 56.4 Å². The second-order valence-corrected chi connectivity index (χ2v) is 11.5. The van der Waals surface area contributed by atoms with Crippen molar-refractivity contribution >= 4 is 11.9 Å². The summed E-state index contributed by atoms with van der Waals surface area (Å²) < 4.78 is 0. The summed E-state index contributed by atoms with van der Waals surface area (Å²) in [6, 6.07) is 43.5. The summed E-state index contributed by atoms with van der Waals surface area (Å²) in [7, 11) is 0. The molecule has 0 bridgehead atoms. The first-order chi connectivity index (χ1) is 26.4. The Bertz CT molecular complexity index is 2140. The van der Waals surface area contributed by atoms with Gasteiger partial charge < -0.3 is 19.8 Å². The quantitative estimate of drug-likeness (QED) is 0.163. The van der Waals surface area contributed by atoms with E-state index in [1.807, 2.05) is 97.1 Å². The van der Waals surface area contributed by atoms with E-state index >= 15 is 0 Å². The molecule has 11 heteroatoms. The summed E-state index contributed by atoms with van der Waals surface area (Å²) in [5.41, 5.74) is 8.72. The molecule has 8 aromatic rings. The summed E-state index contributed by atoms with van der Waals surface area (Å²) in [6.07, 6.45) is 10.5. The second kappa shape index (κ2) is 19.7. The van der Waals surface area contributed by atoms with Crippen molar-refractivity contribution in [1.82, 2.24) is 29.9 Å². The number of carboxylic acid groups (broad SMARTS) is 2. The van der Waals surface area contributed by atoms with Crippen molar-refractivity contribution in [2.45, 2.75) is 0 Å². The van der Waals surface area contributed by atoms with Crippen LogP contribution < -0.4 is 10.2 Å². The van der Waals surface area contributed by atoms with Crippen molar-refractivity contribution in [3.63, 3.8) is 0 Å². The molecule has 0 unspecified atom stereocenters. The SMILES string of the molecule is O=C([O-])c1ccc(-c2ccc(-c3ccc(-c4ccc(C(=O)[O-])cc4)cn3)nc2)cc1.[Ru+2].c1ccc(-c2ccccn2)nc1.c1ccc(-c2ccccn2)nc1. The predicted molar refractivity (Wildman–Crippen MR) is 202 cm³/mol. The summed E-state index contributed by atoms with van der Waals surface area (Å²) in [5, 5.41) is 21.7. The summed E-state index contributed by atoms with van der Waals surface area (Å²) in [5.74, 6) is -2.42. The van der Waals surface area contributed by atoms with Gasteiger partial charge in [-0.25, -0.2) is 0 Å². The number of carboxylic acids is 2. The van der Waals surface area contributed by atoms with Gasteiger partial charge in [0.25, 0.3) is 0 Å². The zero-order valence-electron chi connectivity index (χ0n) is 29.0. The van der Waals surface area contributed by atoms with E-state index in [0.29, 0.717) is 11.4 Å². The van der Waals surface area contributed by atoms with Gasteiger partial charge in [-0.15, -0.1) is 0 Å². The largest absolute Gasteiger partial charge is 2.00 e. The van der Waals surface area contributed by atoms with Gasteiger partial charge in [0.05, 0.1) is 46.1 Å². The Kier molecular flexibility index (Phi) is 14.0. The first-order valence-electron chi connectivity index (χ1n) is 16.7. The molecular weight excluding hydrogens is 778 g/mol. The third-order valence-corrected chi connectivity index (χ3v) is 7.88. The molecule has 0 aliphatic rings. The average molecular weight is 808 g/mol. The number of carbonyl (C=O) groups is 2. The number of rotatable bonds is 7. The van der Waals surface area contributed by atoms with Gasteiger partial charge in [0.15, 0.2) is 0 Å². The van der Waals surface area contributed by atoms with E-state index in [4.69, 9.17) is 0 Å². The van der Waals surface area contributed by atoms with Gasteiger partial charge in [-0.3, -0.25) is 29.9 Å². The standard InChI is InChI=1S/C24H16N2O4.2C10H8N2.Ru/c27-23(28)17-5-1-15(2-6-17)19-9-11-21(25-13-19)22-12-10-20(14-26-22)16-3-7-18(8-4-16)24(29)30;2*1-3-7-11-9(5-1)10-6-2-4-8-12-10;/h1-14H,(H,27,28)(H,29,30);2*1-8H;/q;;;+2/p-2. The van der Waals surface area contributed by atoms with Crippen molar-refractivity contribution in [2.75, 3.05) is 0 Å². The van der Waals surface area contributed by atoms with Gasteiger partial charge in [-0.1, -0.05) is 84.9 Å². The molecule has 0 aliphatic heterocycles. The van der Waals surface area contributed by atoms with Gasteiger partial charge in [0, 0.05) is 48.3 Å². The van der Waals surface area contributed by atoms with E-state index < -0.39 is 11.9 Å². The number of pyridine rings is 6. The van der Waals surface area contributed by atoms with E-state index in [-0.39, 0.29) is 30.6 Å². The minimum atomic E-state index is -1.21. The summed E-state index contributed by atoms with van der Waals surface area (Å²) >= 11 is 0. The maximum Gasteiger partial charge on any atom is 2.00 e. The Balaban J connectivity index is 0.000000189. The Labute approximate surface area is 330 Å². The third kappa shape index (κ3) is 11.0. The van der Waals surface area contributed by atoms with Crippen LogP contribution >= 0.6 is 0 Å². The minimum absolute atomic E-state index is 0. The molecule has 8 rings (SSSR count). The third-order valence-electron chi connectivity index (χ3n) is 7.88. The zero-order valence-corrected chi connectivity index (χ0v) is 30.7. The van der Waals surface area contributed by atoms with Crippen molar-refractivity contribution in [3.05, 3.63) is 194 Å². The smallest absolute Gasteiger partial charge is 0.545 e. The molecular formula is C44H30N6O4Ru. The maximum absolute atomic E-state index is 10.9. The summed E-state index contributed by atoms with van der Waals surface area (Å²) in [4.78, 5) is 47.4. The van der Waals surface area contributed by atoms with Gasteiger partial charge in [-0.2, -0.15) is 0 Å². The molecule has 0 N–H and O–H groups in total. The molecule has 0 spiro atoms. The number of benzene rings is 2. The fraction of sp³-hybridized carbons (Fsp3) is 0. The Hall–Kier alpha value is -7.10. The summed E-state index contributed by atoms with van der Waals surface area (Å²) in [6.45, 7) is 0. The molecule has 0 aliphatic carbocycles. The number of nitrogens with zero attached hydrogens (tertiary/aromatic N) is 6. The average Bonchev–Trinajstić information content (AvgIpc) is 3.25. The van der Waals surface area contributed by atoms with Gasteiger partial charge in [0.1, 0.15) is 0 Å². The van der Waals surface area contributed by atoms with Crippen molar-refractivity contribution < 1.29 is 39.3 Å². The van der Waals surface area contributed by atoms with Crippen LogP contribution in [0.5, 0.6) is 0 Å². The first kappa shape index (κ1) is 39.1. The number of hydrogen-bond donors (Lipinski definition) is 0. The van der Waals surface area contributed by atoms with Crippen LogP contribution in [-0.4, -0.2) is 41.8 Å². The number of aromatic carboxylic acids is 2. The number of aromatic nitrogens is 6. The zero-order chi connectivity index (χ0) is 37.5. The maximum atomic E-state index is 10.9. The van der Waals surface area contributed by atoms with Gasteiger partial charge >= 0.3 is 19.5 Å². The van der Waals surface area contributed by atoms with E-state index in [2.05, 4.69) is 29.9 Å². The molecule has 0 saturated heterocycles. The Morgan fingerprint density at radius 1 is 0.327 bits per heavy atom. The van der Waals surface area contributed by atoms with Crippen LogP contribution in [0.15, 0.2) is 183 Å². The number of carbonyl (C=O) groups excluding carboxylic acids is 2. The molecule has 268 valence electrons. The van der Waals surface area contributed by atoms with E-state index in [1.54, 1.807) is 61.4 Å². The Morgan fingerprint density at radius 3 is 0.818 bits per heavy atom. The van der Waals surface area contributed by atoms with Gasteiger partial charge in [-0.05, 0) is 82.9 Å². The van der Waals surface area contributed by atoms with E-state index in [0.717, 1.165) is 45.0 Å². The molecule has 2 aromatic carbocycles. The molecule has 55 heavy (non-hydrogen) atoms. The normalized spacial score (nSPS) is 9.96. The van der Waals surface area contributed by atoms with Crippen molar-refractivity contribution in [2.24, 2.45) is 0 Å². The molecule has 0 radical (unpaired) electrons. The molecule has 0 amide bonds. The number of hydrogen-bond acceptors (Lipinski definition) is 10. The monoisotopic (exact) mass is 808 g/mol. The molecule has 6 heterocycles. The van der Waals surface area contributed by atoms with Crippen LogP contribution in [0, 0.1) is 0 Å². The van der Waals surface area contributed by atoms with Gasteiger partial charge in [0.2, 0.25) is 0 Å². The van der Waals surface area contributed by atoms with E-state index in [1.165, 1.54) is 24.3 Å². The van der Waals surface area contributed by atoms with Crippen molar-refractivity contribution in [1.29, 1.82) is 0 Å². The topological polar surface area (TPSA) is 158 Å². The van der Waals surface area contributed by atoms with E-state index in [9.17, 15) is 19.8 Å². The Morgan fingerprint density at radius 2 is 0.600 bits per heavy atom.